The van der Waals surface area contributed by atoms with Gasteiger partial charge in [-0.25, -0.2) is 4.98 Å². The number of thiazole rings is 1. The summed E-state index contributed by atoms with van der Waals surface area (Å²) in [5.41, 5.74) is 1.33. The average molecular weight is 287 g/mol. The summed E-state index contributed by atoms with van der Waals surface area (Å²) < 4.78 is 5.79. The van der Waals surface area contributed by atoms with Crippen molar-refractivity contribution in [2.24, 2.45) is 0 Å². The second kappa shape index (κ2) is 5.46. The van der Waals surface area contributed by atoms with Crippen LogP contribution in [0.3, 0.4) is 0 Å². The number of carbonyl (C=O) groups excluding carboxylic acids is 1. The summed E-state index contributed by atoms with van der Waals surface area (Å²) in [6, 6.07) is 9.37. The van der Waals surface area contributed by atoms with Gasteiger partial charge >= 0.3 is 0 Å². The molecule has 0 spiro atoms. The Morgan fingerprint density at radius 3 is 2.90 bits per heavy atom. The van der Waals surface area contributed by atoms with Crippen LogP contribution in [0.1, 0.15) is 40.8 Å². The van der Waals surface area contributed by atoms with Gasteiger partial charge in [0.05, 0.1) is 12.1 Å². The average Bonchev–Trinajstić information content (AvgIpc) is 3.10. The lowest BCUT2D eigenvalue weighted by atomic mass is 10.0. The first-order chi connectivity index (χ1) is 9.67. The fourth-order valence-corrected chi connectivity index (χ4v) is 3.43. The van der Waals surface area contributed by atoms with E-state index < -0.39 is 0 Å². The minimum Gasteiger partial charge on any atom is -0.368 e. The maximum atomic E-state index is 12.2. The van der Waals surface area contributed by atoms with Crippen LogP contribution in [-0.4, -0.2) is 17.4 Å². The van der Waals surface area contributed by atoms with Crippen LogP contribution < -0.4 is 0 Å². The number of carbonyl (C=O) groups is 1. The Kier molecular flexibility index (Phi) is 3.68. The molecule has 3 nitrogen and oxygen atoms in total. The number of hydrogen-bond acceptors (Lipinski definition) is 4. The van der Waals surface area contributed by atoms with E-state index in [0.717, 1.165) is 35.7 Å². The predicted octanol–water partition coefficient (Wildman–Crippen LogP) is 3.59. The molecule has 2 heterocycles. The van der Waals surface area contributed by atoms with E-state index in [0.29, 0.717) is 6.42 Å². The number of hydrogen-bond donors (Lipinski definition) is 0. The first-order valence-corrected chi connectivity index (χ1v) is 7.72. The molecule has 1 aliphatic rings. The van der Waals surface area contributed by atoms with Crippen LogP contribution in [0.15, 0.2) is 35.7 Å². The van der Waals surface area contributed by atoms with Crippen molar-refractivity contribution in [1.82, 2.24) is 4.98 Å². The van der Waals surface area contributed by atoms with Gasteiger partial charge in [0.25, 0.3) is 0 Å². The Morgan fingerprint density at radius 2 is 2.20 bits per heavy atom. The molecule has 1 aromatic carbocycles. The number of Topliss-reactive ketones (excluding diaryl/α,β-unsaturated/α-hetero) is 1. The molecule has 1 unspecified atom stereocenters. The fraction of sp³-hybridized carbons (Fsp3) is 0.375. The quantitative estimate of drug-likeness (QED) is 0.807. The third kappa shape index (κ3) is 2.67. The van der Waals surface area contributed by atoms with Gasteiger partial charge in [0.2, 0.25) is 0 Å². The maximum absolute atomic E-state index is 12.2. The van der Waals surface area contributed by atoms with Crippen molar-refractivity contribution in [2.75, 3.05) is 6.61 Å². The molecule has 4 heteroatoms. The first kappa shape index (κ1) is 13.5. The molecule has 0 bridgehead atoms. The highest BCUT2D eigenvalue weighted by atomic mass is 32.1. The third-order valence-electron chi connectivity index (χ3n) is 3.66. The Balaban J connectivity index is 1.73. The third-order valence-corrected chi connectivity index (χ3v) is 4.80. The Morgan fingerprint density at radius 1 is 1.40 bits per heavy atom. The van der Waals surface area contributed by atoms with E-state index in [9.17, 15) is 4.79 Å². The number of benzene rings is 1. The lowest BCUT2D eigenvalue weighted by molar-refractivity contribution is 0.0165. The molecule has 1 fully saturated rings. The highest BCUT2D eigenvalue weighted by molar-refractivity contribution is 7.09. The van der Waals surface area contributed by atoms with E-state index >= 15 is 0 Å². The lowest BCUT2D eigenvalue weighted by Crippen LogP contribution is -2.19. The van der Waals surface area contributed by atoms with Crippen molar-refractivity contribution in [3.8, 4) is 0 Å². The number of ether oxygens (including phenoxy) is 1. The molecule has 3 rings (SSSR count). The molecule has 1 aliphatic heterocycles. The summed E-state index contributed by atoms with van der Waals surface area (Å²) in [7, 11) is 0. The molecule has 0 amide bonds. The second-order valence-corrected chi connectivity index (χ2v) is 6.15. The van der Waals surface area contributed by atoms with Crippen LogP contribution in [0, 0.1) is 0 Å². The minimum absolute atomic E-state index is 0.111. The maximum Gasteiger partial charge on any atom is 0.168 e. The van der Waals surface area contributed by atoms with Gasteiger partial charge in [0, 0.05) is 17.6 Å². The van der Waals surface area contributed by atoms with E-state index in [2.05, 4.69) is 11.9 Å². The smallest absolute Gasteiger partial charge is 0.168 e. The van der Waals surface area contributed by atoms with Crippen molar-refractivity contribution >= 4 is 17.1 Å². The van der Waals surface area contributed by atoms with Crippen LogP contribution in [0.2, 0.25) is 0 Å². The largest absolute Gasteiger partial charge is 0.368 e. The highest BCUT2D eigenvalue weighted by Gasteiger charge is 2.34. The number of aromatic nitrogens is 1. The molecule has 0 radical (unpaired) electrons. The van der Waals surface area contributed by atoms with Crippen LogP contribution in [0.5, 0.6) is 0 Å². The molecule has 0 aliphatic carbocycles. The first-order valence-electron chi connectivity index (χ1n) is 6.84. The molecule has 0 saturated carbocycles. The van der Waals surface area contributed by atoms with Crippen LogP contribution in [0.4, 0.5) is 0 Å². The van der Waals surface area contributed by atoms with Crippen LogP contribution in [0.25, 0.3) is 0 Å². The van der Waals surface area contributed by atoms with Crippen molar-refractivity contribution in [3.05, 3.63) is 52.0 Å². The zero-order valence-corrected chi connectivity index (χ0v) is 12.3. The molecule has 0 N–H and O–H groups in total. The molecular formula is C16H17NO2S. The van der Waals surface area contributed by atoms with Gasteiger partial charge in [0.15, 0.2) is 5.78 Å². The monoisotopic (exact) mass is 287 g/mol. The summed E-state index contributed by atoms with van der Waals surface area (Å²) >= 11 is 1.59. The molecule has 20 heavy (non-hydrogen) atoms. The van der Waals surface area contributed by atoms with Gasteiger partial charge in [0.1, 0.15) is 10.6 Å². The van der Waals surface area contributed by atoms with Crippen molar-refractivity contribution < 1.29 is 9.53 Å². The number of rotatable bonds is 4. The lowest BCUT2D eigenvalue weighted by Gasteiger charge is -2.19. The topological polar surface area (TPSA) is 39.2 Å². The van der Waals surface area contributed by atoms with Gasteiger partial charge in [-0.3, -0.25) is 4.79 Å². The fourth-order valence-electron chi connectivity index (χ4n) is 2.47. The highest BCUT2D eigenvalue weighted by Crippen LogP contribution is 2.37. The summed E-state index contributed by atoms with van der Waals surface area (Å²) in [6.07, 6.45) is 2.44. The molecule has 1 saturated heterocycles. The normalized spacial score (nSPS) is 22.1. The van der Waals surface area contributed by atoms with Crippen LogP contribution in [-0.2, 0) is 16.8 Å². The van der Waals surface area contributed by atoms with Crippen LogP contribution >= 0.6 is 11.3 Å². The van der Waals surface area contributed by atoms with Crippen molar-refractivity contribution in [1.29, 1.82) is 0 Å². The Labute approximate surface area is 122 Å². The SMILES string of the molecule is CC1(c2nc(CC(=O)c3ccccc3)cs2)CCCO1. The summed E-state index contributed by atoms with van der Waals surface area (Å²) in [6.45, 7) is 2.88. The van der Waals surface area contributed by atoms with E-state index in [1.165, 1.54) is 0 Å². The van der Waals surface area contributed by atoms with E-state index in [4.69, 9.17) is 4.74 Å². The zero-order valence-electron chi connectivity index (χ0n) is 11.5. The number of nitrogens with zero attached hydrogens (tertiary/aromatic N) is 1. The van der Waals surface area contributed by atoms with Gasteiger partial charge in [-0.15, -0.1) is 11.3 Å². The molecule has 1 atom stereocenters. The zero-order chi connectivity index (χ0) is 14.0. The van der Waals surface area contributed by atoms with E-state index in [-0.39, 0.29) is 11.4 Å². The molecule has 104 valence electrons. The van der Waals surface area contributed by atoms with Gasteiger partial charge < -0.3 is 4.74 Å². The number of ketones is 1. The van der Waals surface area contributed by atoms with E-state index in [1.54, 1.807) is 11.3 Å². The summed E-state index contributed by atoms with van der Waals surface area (Å²) in [4.78, 5) is 16.8. The van der Waals surface area contributed by atoms with Gasteiger partial charge in [-0.05, 0) is 19.8 Å². The molecule has 2 aromatic rings. The van der Waals surface area contributed by atoms with Crippen molar-refractivity contribution in [2.45, 2.75) is 31.8 Å². The Bertz CT molecular complexity index is 600. The predicted molar refractivity (Wildman–Crippen MR) is 79.1 cm³/mol. The molecule has 1 aromatic heterocycles. The Hall–Kier alpha value is -1.52. The minimum atomic E-state index is -0.251. The summed E-state index contributed by atoms with van der Waals surface area (Å²) in [5.74, 6) is 0.111. The van der Waals surface area contributed by atoms with Crippen molar-refractivity contribution in [3.63, 3.8) is 0 Å². The standard InChI is InChI=1S/C16H17NO2S/c1-16(8-5-9-19-16)15-17-13(11-20-15)10-14(18)12-6-3-2-4-7-12/h2-4,6-7,11H,5,8-10H2,1H3. The second-order valence-electron chi connectivity index (χ2n) is 5.29. The van der Waals surface area contributed by atoms with Gasteiger partial charge in [-0.2, -0.15) is 0 Å². The van der Waals surface area contributed by atoms with E-state index in [1.807, 2.05) is 35.7 Å². The summed E-state index contributed by atoms with van der Waals surface area (Å²) in [5, 5.41) is 2.97. The van der Waals surface area contributed by atoms with Gasteiger partial charge in [-0.1, -0.05) is 30.3 Å². The molecular weight excluding hydrogens is 270 g/mol.